The molecule has 0 aliphatic heterocycles. The number of aromatic amines is 1. The van der Waals surface area contributed by atoms with Gasteiger partial charge in [0.1, 0.15) is 0 Å². The molecule has 2 rings (SSSR count). The van der Waals surface area contributed by atoms with Crippen molar-refractivity contribution in [2.45, 2.75) is 25.5 Å². The van der Waals surface area contributed by atoms with E-state index in [0.29, 0.717) is 22.2 Å². The van der Waals surface area contributed by atoms with Crippen molar-refractivity contribution < 1.29 is 9.00 Å². The summed E-state index contributed by atoms with van der Waals surface area (Å²) >= 11 is 6.07. The summed E-state index contributed by atoms with van der Waals surface area (Å²) in [5.41, 5.74) is 2.58. The molecule has 5 nitrogen and oxygen atoms in total. The Morgan fingerprint density at radius 2 is 2.14 bits per heavy atom. The number of carbonyl (C=O) groups is 1. The number of rotatable bonds is 5. The van der Waals surface area contributed by atoms with Crippen LogP contribution in [0.1, 0.15) is 41.5 Å². The smallest absolute Gasteiger partial charge is 0.276 e. The first-order valence-corrected chi connectivity index (χ1v) is 8.92. The molecular weight excluding hydrogens is 322 g/mol. The molecular formula is C15H18ClN3O2S. The van der Waals surface area contributed by atoms with Crippen molar-refractivity contribution in [2.75, 3.05) is 11.6 Å². The molecule has 2 aromatic rings. The zero-order valence-corrected chi connectivity index (χ0v) is 14.2. The summed E-state index contributed by atoms with van der Waals surface area (Å²) < 4.78 is 11.3. The van der Waals surface area contributed by atoms with Gasteiger partial charge in [-0.1, -0.05) is 25.4 Å². The topological polar surface area (TPSA) is 74.8 Å². The summed E-state index contributed by atoms with van der Waals surface area (Å²) in [5.74, 6) is 0.326. The summed E-state index contributed by atoms with van der Waals surface area (Å²) in [6.45, 7) is 4.04. The summed E-state index contributed by atoms with van der Waals surface area (Å²) in [6, 6.07) is 6.86. The first-order valence-electron chi connectivity index (χ1n) is 6.82. The quantitative estimate of drug-likeness (QED) is 0.877. The van der Waals surface area contributed by atoms with Gasteiger partial charge in [0.2, 0.25) is 0 Å². The minimum atomic E-state index is -1.00. The Balaban J connectivity index is 2.15. The van der Waals surface area contributed by atoms with Gasteiger partial charge in [-0.3, -0.25) is 14.1 Å². The Morgan fingerprint density at radius 3 is 2.73 bits per heavy atom. The molecule has 2 N–H and O–H groups in total. The number of nitrogens with one attached hydrogen (secondary N) is 2. The second kappa shape index (κ2) is 7.07. The minimum Gasteiger partial charge on any atom is -0.321 e. The van der Waals surface area contributed by atoms with Crippen LogP contribution in [0.5, 0.6) is 0 Å². The zero-order valence-electron chi connectivity index (χ0n) is 12.6. The fourth-order valence-electron chi connectivity index (χ4n) is 1.93. The van der Waals surface area contributed by atoms with Crippen LogP contribution in [0.15, 0.2) is 24.3 Å². The van der Waals surface area contributed by atoms with Crippen molar-refractivity contribution in [1.82, 2.24) is 10.2 Å². The number of carbonyl (C=O) groups excluding carboxylic acids is 1. The zero-order chi connectivity index (χ0) is 16.3. The van der Waals surface area contributed by atoms with Crippen LogP contribution in [0, 0.1) is 0 Å². The fourth-order valence-corrected chi connectivity index (χ4v) is 2.87. The number of aromatic nitrogens is 2. The third-order valence-electron chi connectivity index (χ3n) is 3.11. The van der Waals surface area contributed by atoms with E-state index in [1.807, 2.05) is 13.8 Å². The summed E-state index contributed by atoms with van der Waals surface area (Å²) in [5, 5.41) is 10.2. The molecule has 0 saturated heterocycles. The Labute approximate surface area is 136 Å². The van der Waals surface area contributed by atoms with Gasteiger partial charge < -0.3 is 5.32 Å². The van der Waals surface area contributed by atoms with Crippen molar-refractivity contribution >= 4 is 34.0 Å². The molecule has 1 aromatic carbocycles. The van der Waals surface area contributed by atoms with E-state index in [9.17, 15) is 9.00 Å². The number of H-pyrrole nitrogens is 1. The molecule has 1 atom stereocenters. The number of amides is 1. The summed E-state index contributed by atoms with van der Waals surface area (Å²) in [6.07, 6.45) is 1.61. The molecule has 0 saturated carbocycles. The second-order valence-corrected chi connectivity index (χ2v) is 7.18. The molecule has 1 heterocycles. The van der Waals surface area contributed by atoms with Crippen LogP contribution >= 0.6 is 11.6 Å². The number of benzene rings is 1. The van der Waals surface area contributed by atoms with Crippen LogP contribution in [-0.4, -0.2) is 26.6 Å². The molecule has 0 fully saturated rings. The molecule has 0 bridgehead atoms. The van der Waals surface area contributed by atoms with Crippen molar-refractivity contribution in [3.8, 4) is 0 Å². The van der Waals surface area contributed by atoms with Crippen molar-refractivity contribution in [3.05, 3.63) is 46.2 Å². The first-order chi connectivity index (χ1) is 10.4. The van der Waals surface area contributed by atoms with Gasteiger partial charge in [-0.2, -0.15) is 5.10 Å². The molecule has 0 spiro atoms. The highest BCUT2D eigenvalue weighted by Crippen LogP contribution is 2.22. The van der Waals surface area contributed by atoms with E-state index < -0.39 is 10.8 Å². The SMILES string of the molecule is CC(C)c1cc(C(=O)Nc2ccc(Cl)c(C[S@@](C)=O)c2)n[nH]1. The van der Waals surface area contributed by atoms with E-state index >= 15 is 0 Å². The fraction of sp³-hybridized carbons (Fsp3) is 0.333. The molecule has 118 valence electrons. The van der Waals surface area contributed by atoms with Crippen LogP contribution < -0.4 is 5.32 Å². The lowest BCUT2D eigenvalue weighted by Crippen LogP contribution is -2.12. The second-order valence-electron chi connectivity index (χ2n) is 5.34. The highest BCUT2D eigenvalue weighted by atomic mass is 35.5. The van der Waals surface area contributed by atoms with E-state index in [0.717, 1.165) is 11.3 Å². The van der Waals surface area contributed by atoms with Crippen molar-refractivity contribution in [2.24, 2.45) is 0 Å². The van der Waals surface area contributed by atoms with E-state index in [2.05, 4.69) is 15.5 Å². The van der Waals surface area contributed by atoms with Crippen LogP contribution in [-0.2, 0) is 16.6 Å². The maximum absolute atomic E-state index is 12.2. The third-order valence-corrected chi connectivity index (χ3v) is 4.20. The number of hydrogen-bond donors (Lipinski definition) is 2. The predicted molar refractivity (Wildman–Crippen MR) is 89.9 cm³/mol. The van der Waals surface area contributed by atoms with Crippen LogP contribution in [0.4, 0.5) is 5.69 Å². The third kappa shape index (κ3) is 4.18. The molecule has 1 amide bonds. The molecule has 0 aliphatic carbocycles. The highest BCUT2D eigenvalue weighted by Gasteiger charge is 2.13. The van der Waals surface area contributed by atoms with Gasteiger partial charge >= 0.3 is 0 Å². The lowest BCUT2D eigenvalue weighted by molar-refractivity contribution is 0.102. The number of nitrogens with zero attached hydrogens (tertiary/aromatic N) is 1. The number of hydrogen-bond acceptors (Lipinski definition) is 3. The van der Waals surface area contributed by atoms with Gasteiger partial charge in [0.15, 0.2) is 5.69 Å². The van der Waals surface area contributed by atoms with E-state index in [-0.39, 0.29) is 11.8 Å². The molecule has 0 radical (unpaired) electrons. The van der Waals surface area contributed by atoms with Gasteiger partial charge in [-0.25, -0.2) is 0 Å². The van der Waals surface area contributed by atoms with E-state index in [1.54, 1.807) is 30.5 Å². The largest absolute Gasteiger partial charge is 0.321 e. The molecule has 7 heteroatoms. The maximum Gasteiger partial charge on any atom is 0.276 e. The first kappa shape index (κ1) is 16.7. The molecule has 0 unspecified atom stereocenters. The van der Waals surface area contributed by atoms with Gasteiger partial charge in [0.25, 0.3) is 5.91 Å². The predicted octanol–water partition coefficient (Wildman–Crippen LogP) is 3.32. The van der Waals surface area contributed by atoms with E-state index in [1.165, 1.54) is 0 Å². The Bertz CT molecular complexity index is 713. The monoisotopic (exact) mass is 339 g/mol. The van der Waals surface area contributed by atoms with Gasteiger partial charge in [-0.15, -0.1) is 0 Å². The average molecular weight is 340 g/mol. The molecule has 1 aromatic heterocycles. The molecule has 22 heavy (non-hydrogen) atoms. The minimum absolute atomic E-state index is 0.274. The van der Waals surface area contributed by atoms with Gasteiger partial charge in [-0.05, 0) is 35.7 Å². The summed E-state index contributed by atoms with van der Waals surface area (Å²) in [4.78, 5) is 12.2. The Hall–Kier alpha value is -1.66. The standard InChI is InChI=1S/C15H18ClN3O2S/c1-9(2)13-7-14(19-18-13)15(20)17-11-4-5-12(16)10(6-11)8-22(3)21/h4-7,9H,8H2,1-3H3,(H,17,20)(H,18,19)/t22-/m1/s1. The van der Waals surface area contributed by atoms with Crippen molar-refractivity contribution in [1.29, 1.82) is 0 Å². The number of halogens is 1. The lowest BCUT2D eigenvalue weighted by atomic mass is 10.1. The average Bonchev–Trinajstić information content (AvgIpc) is 2.92. The van der Waals surface area contributed by atoms with Gasteiger partial charge in [0.05, 0.1) is 0 Å². The van der Waals surface area contributed by atoms with Crippen LogP contribution in [0.2, 0.25) is 5.02 Å². The lowest BCUT2D eigenvalue weighted by Gasteiger charge is -2.07. The van der Waals surface area contributed by atoms with E-state index in [4.69, 9.17) is 11.6 Å². The maximum atomic E-state index is 12.2. The number of anilines is 1. The molecule has 0 aliphatic rings. The van der Waals surface area contributed by atoms with Crippen LogP contribution in [0.3, 0.4) is 0 Å². The van der Waals surface area contributed by atoms with Crippen LogP contribution in [0.25, 0.3) is 0 Å². The van der Waals surface area contributed by atoms with Gasteiger partial charge in [0, 0.05) is 39.2 Å². The normalized spacial score (nSPS) is 12.4. The van der Waals surface area contributed by atoms with Crippen molar-refractivity contribution in [3.63, 3.8) is 0 Å². The Morgan fingerprint density at radius 1 is 1.41 bits per heavy atom. The summed E-state index contributed by atoms with van der Waals surface area (Å²) in [7, 11) is -1.00. The Kier molecular flexibility index (Phi) is 5.37. The highest BCUT2D eigenvalue weighted by molar-refractivity contribution is 7.83.